The Bertz CT molecular complexity index is 363. The number of benzene rings is 1. The summed E-state index contributed by atoms with van der Waals surface area (Å²) < 4.78 is 30.2. The monoisotopic (exact) mass is 263 g/mol. The second-order valence-electron chi connectivity index (χ2n) is 1.93. The van der Waals surface area contributed by atoms with E-state index in [2.05, 4.69) is 15.9 Å². The molecule has 0 aliphatic carbocycles. The SMILES string of the molecule is O=S(=O)(O)c1cccc(Br)c1.[Al]. The minimum atomic E-state index is -4.06. The van der Waals surface area contributed by atoms with Crippen LogP contribution >= 0.6 is 15.9 Å². The lowest BCUT2D eigenvalue weighted by Crippen LogP contribution is -1.96. The van der Waals surface area contributed by atoms with Gasteiger partial charge in [-0.2, -0.15) is 8.42 Å². The Kier molecular flexibility index (Phi) is 4.45. The fraction of sp³-hybridized carbons (Fsp3) is 0. The highest BCUT2D eigenvalue weighted by Crippen LogP contribution is 2.15. The normalized spacial score (nSPS) is 10.5. The van der Waals surface area contributed by atoms with Crippen LogP contribution in [0.15, 0.2) is 33.6 Å². The van der Waals surface area contributed by atoms with E-state index >= 15 is 0 Å². The molecule has 0 fully saturated rings. The van der Waals surface area contributed by atoms with Crippen LogP contribution < -0.4 is 0 Å². The van der Waals surface area contributed by atoms with Crippen molar-refractivity contribution in [3.63, 3.8) is 0 Å². The van der Waals surface area contributed by atoms with Crippen LogP contribution in [0.5, 0.6) is 0 Å². The molecule has 0 heterocycles. The summed E-state index contributed by atoms with van der Waals surface area (Å²) in [7, 11) is -4.06. The van der Waals surface area contributed by atoms with Gasteiger partial charge in [0.2, 0.25) is 0 Å². The van der Waals surface area contributed by atoms with E-state index in [0.717, 1.165) is 0 Å². The summed E-state index contributed by atoms with van der Waals surface area (Å²) in [4.78, 5) is -0.105. The summed E-state index contributed by atoms with van der Waals surface area (Å²) in [6, 6.07) is 5.86. The molecule has 6 heteroatoms. The van der Waals surface area contributed by atoms with Crippen molar-refractivity contribution in [1.82, 2.24) is 0 Å². The van der Waals surface area contributed by atoms with Crippen LogP contribution in [0.25, 0.3) is 0 Å². The minimum absolute atomic E-state index is 0. The number of hydrogen-bond acceptors (Lipinski definition) is 2. The Balaban J connectivity index is 0.00000121. The van der Waals surface area contributed by atoms with E-state index in [1.807, 2.05) is 0 Å². The predicted molar refractivity (Wildman–Crippen MR) is 49.7 cm³/mol. The van der Waals surface area contributed by atoms with Gasteiger partial charge in [-0.25, -0.2) is 0 Å². The van der Waals surface area contributed by atoms with E-state index in [9.17, 15) is 8.42 Å². The predicted octanol–water partition coefficient (Wildman–Crippen LogP) is 1.32. The first-order valence-electron chi connectivity index (χ1n) is 2.73. The van der Waals surface area contributed by atoms with E-state index < -0.39 is 10.1 Å². The van der Waals surface area contributed by atoms with Gasteiger partial charge >= 0.3 is 0 Å². The van der Waals surface area contributed by atoms with Crippen molar-refractivity contribution in [2.45, 2.75) is 4.90 Å². The van der Waals surface area contributed by atoms with Gasteiger partial charge in [-0.3, -0.25) is 4.55 Å². The molecule has 12 heavy (non-hydrogen) atoms. The summed E-state index contributed by atoms with van der Waals surface area (Å²) in [5.74, 6) is 0. The lowest BCUT2D eigenvalue weighted by molar-refractivity contribution is 0.483. The zero-order valence-corrected chi connectivity index (χ0v) is 9.49. The lowest BCUT2D eigenvalue weighted by Gasteiger charge is -1.95. The molecule has 1 rings (SSSR count). The van der Waals surface area contributed by atoms with Gasteiger partial charge in [0.05, 0.1) is 4.90 Å². The zero-order chi connectivity index (χ0) is 8.48. The standard InChI is InChI=1S/C6H5BrO3S.Al/c7-5-2-1-3-6(4-5)11(8,9)10;/h1-4H,(H,8,9,10);. The molecule has 63 valence electrons. The van der Waals surface area contributed by atoms with Crippen molar-refractivity contribution in [1.29, 1.82) is 0 Å². The molecule has 0 bridgehead atoms. The summed E-state index contributed by atoms with van der Waals surface area (Å²) in [6.07, 6.45) is 0. The Labute approximate surface area is 89.8 Å². The van der Waals surface area contributed by atoms with Crippen LogP contribution in [0.1, 0.15) is 0 Å². The average Bonchev–Trinajstić information content (AvgIpc) is 1.86. The van der Waals surface area contributed by atoms with Gasteiger partial charge in [-0.05, 0) is 18.2 Å². The van der Waals surface area contributed by atoms with Crippen LogP contribution in [-0.4, -0.2) is 30.3 Å². The first-order chi connectivity index (χ1) is 5.00. The van der Waals surface area contributed by atoms with Gasteiger partial charge in [0.1, 0.15) is 0 Å². The average molecular weight is 264 g/mol. The molecular weight excluding hydrogens is 259 g/mol. The third-order valence-corrected chi connectivity index (χ3v) is 2.44. The van der Waals surface area contributed by atoms with E-state index in [4.69, 9.17) is 4.55 Å². The number of hydrogen-bond donors (Lipinski definition) is 1. The minimum Gasteiger partial charge on any atom is -0.282 e. The molecule has 0 spiro atoms. The van der Waals surface area contributed by atoms with E-state index in [-0.39, 0.29) is 22.3 Å². The van der Waals surface area contributed by atoms with E-state index in [1.54, 1.807) is 6.07 Å². The van der Waals surface area contributed by atoms with E-state index in [1.165, 1.54) is 18.2 Å². The van der Waals surface area contributed by atoms with Crippen LogP contribution in [-0.2, 0) is 10.1 Å². The molecule has 3 radical (unpaired) electrons. The highest BCUT2D eigenvalue weighted by atomic mass is 79.9. The Morgan fingerprint density at radius 3 is 2.25 bits per heavy atom. The maximum Gasteiger partial charge on any atom is 0.294 e. The van der Waals surface area contributed by atoms with Gasteiger partial charge in [-0.1, -0.05) is 22.0 Å². The molecule has 3 nitrogen and oxygen atoms in total. The van der Waals surface area contributed by atoms with Gasteiger partial charge < -0.3 is 0 Å². The third-order valence-electron chi connectivity index (χ3n) is 1.09. The Morgan fingerprint density at radius 1 is 1.33 bits per heavy atom. The molecule has 0 atom stereocenters. The van der Waals surface area contributed by atoms with Gasteiger partial charge in [0.25, 0.3) is 10.1 Å². The number of rotatable bonds is 1. The van der Waals surface area contributed by atoms with Crippen LogP contribution in [0.4, 0.5) is 0 Å². The molecule has 1 aromatic rings. The summed E-state index contributed by atoms with van der Waals surface area (Å²) in [6.45, 7) is 0. The maximum absolute atomic E-state index is 10.5. The molecule has 0 unspecified atom stereocenters. The largest absolute Gasteiger partial charge is 0.294 e. The van der Waals surface area contributed by atoms with Crippen molar-refractivity contribution in [2.75, 3.05) is 0 Å². The Morgan fingerprint density at radius 2 is 1.92 bits per heavy atom. The van der Waals surface area contributed by atoms with Gasteiger partial charge in [0.15, 0.2) is 0 Å². The molecule has 0 saturated carbocycles. The second kappa shape index (κ2) is 4.40. The van der Waals surface area contributed by atoms with Crippen molar-refractivity contribution in [2.24, 2.45) is 0 Å². The van der Waals surface area contributed by atoms with Crippen molar-refractivity contribution >= 4 is 43.4 Å². The first kappa shape index (κ1) is 12.1. The highest BCUT2D eigenvalue weighted by Gasteiger charge is 2.07. The maximum atomic E-state index is 10.5. The Hall–Kier alpha value is 0.142. The first-order valence-corrected chi connectivity index (χ1v) is 4.96. The molecule has 0 aliphatic rings. The molecular formula is C6H5AlBrO3S. The van der Waals surface area contributed by atoms with Crippen molar-refractivity contribution in [3.8, 4) is 0 Å². The zero-order valence-electron chi connectivity index (χ0n) is 5.94. The quantitative estimate of drug-likeness (QED) is 0.614. The third kappa shape index (κ3) is 3.25. The smallest absolute Gasteiger partial charge is 0.282 e. The molecule has 0 amide bonds. The van der Waals surface area contributed by atoms with Crippen molar-refractivity contribution < 1.29 is 13.0 Å². The van der Waals surface area contributed by atoms with Crippen LogP contribution in [0.2, 0.25) is 0 Å². The van der Waals surface area contributed by atoms with Crippen LogP contribution in [0, 0.1) is 0 Å². The van der Waals surface area contributed by atoms with Gasteiger partial charge in [-0.15, -0.1) is 0 Å². The van der Waals surface area contributed by atoms with Crippen molar-refractivity contribution in [3.05, 3.63) is 28.7 Å². The fourth-order valence-electron chi connectivity index (χ4n) is 0.627. The number of halogens is 1. The fourth-order valence-corrected chi connectivity index (χ4v) is 1.70. The lowest BCUT2D eigenvalue weighted by atomic mass is 10.4. The molecule has 0 aliphatic heterocycles. The molecule has 0 saturated heterocycles. The van der Waals surface area contributed by atoms with Gasteiger partial charge in [0, 0.05) is 21.8 Å². The molecule has 1 aromatic carbocycles. The van der Waals surface area contributed by atoms with E-state index in [0.29, 0.717) is 4.47 Å². The summed E-state index contributed by atoms with van der Waals surface area (Å²) in [5, 5.41) is 0. The highest BCUT2D eigenvalue weighted by molar-refractivity contribution is 9.10. The second-order valence-corrected chi connectivity index (χ2v) is 4.27. The summed E-state index contributed by atoms with van der Waals surface area (Å²) in [5.41, 5.74) is 0. The molecule has 0 aromatic heterocycles. The summed E-state index contributed by atoms with van der Waals surface area (Å²) >= 11 is 3.08. The topological polar surface area (TPSA) is 54.4 Å². The van der Waals surface area contributed by atoms with Crippen LogP contribution in [0.3, 0.4) is 0 Å². The molecule has 1 N–H and O–H groups in total.